The minimum Gasteiger partial charge on any atom is -0.493 e. The molecule has 0 radical (unpaired) electrons. The summed E-state index contributed by atoms with van der Waals surface area (Å²) < 4.78 is 6.10. The molecule has 0 amide bonds. The Hall–Kier alpha value is -2.53. The average Bonchev–Trinajstić information content (AvgIpc) is 2.81. The van der Waals surface area contributed by atoms with E-state index < -0.39 is 0 Å². The molecule has 164 valence electrons. The Bertz CT molecular complexity index is 1240. The Kier molecular flexibility index (Phi) is 6.35. The molecule has 3 aromatic carbocycles. The van der Waals surface area contributed by atoms with E-state index in [4.69, 9.17) is 27.9 Å². The van der Waals surface area contributed by atoms with E-state index in [1.807, 2.05) is 48.7 Å². The first-order chi connectivity index (χ1) is 15.7. The Balaban J connectivity index is 1.13. The maximum atomic E-state index is 6.13. The molecule has 0 saturated carbocycles. The summed E-state index contributed by atoms with van der Waals surface area (Å²) in [5.74, 6) is 0.925. The monoisotopic (exact) mass is 465 g/mol. The van der Waals surface area contributed by atoms with E-state index in [0.29, 0.717) is 6.61 Å². The van der Waals surface area contributed by atoms with Crippen molar-refractivity contribution in [2.24, 2.45) is 0 Å². The molecule has 32 heavy (non-hydrogen) atoms. The van der Waals surface area contributed by atoms with Crippen LogP contribution in [0.2, 0.25) is 10.0 Å². The van der Waals surface area contributed by atoms with E-state index in [1.54, 1.807) is 0 Å². The van der Waals surface area contributed by atoms with Gasteiger partial charge in [-0.25, -0.2) is 0 Å². The van der Waals surface area contributed by atoms with Crippen molar-refractivity contribution in [3.8, 4) is 5.75 Å². The number of hydrogen-bond acceptors (Lipinski definition) is 4. The van der Waals surface area contributed by atoms with Crippen molar-refractivity contribution in [1.29, 1.82) is 0 Å². The fraction of sp³-hybridized carbons (Fsp3) is 0.269. The highest BCUT2D eigenvalue weighted by molar-refractivity contribution is 6.31. The fourth-order valence-electron chi connectivity index (χ4n) is 4.42. The maximum absolute atomic E-state index is 6.13. The highest BCUT2D eigenvalue weighted by Crippen LogP contribution is 2.29. The second kappa shape index (κ2) is 9.53. The molecule has 4 aromatic rings. The molecule has 0 unspecified atom stereocenters. The number of halogens is 2. The maximum Gasteiger partial charge on any atom is 0.127 e. The van der Waals surface area contributed by atoms with Crippen LogP contribution in [0.5, 0.6) is 5.75 Å². The van der Waals surface area contributed by atoms with Gasteiger partial charge in [0.25, 0.3) is 0 Å². The van der Waals surface area contributed by atoms with Crippen LogP contribution in [0, 0.1) is 0 Å². The lowest BCUT2D eigenvalue weighted by Gasteiger charge is -2.36. The number of rotatable bonds is 6. The molecular formula is C26H25Cl2N3O. The van der Waals surface area contributed by atoms with Gasteiger partial charge in [0.2, 0.25) is 0 Å². The van der Waals surface area contributed by atoms with Gasteiger partial charge >= 0.3 is 0 Å². The van der Waals surface area contributed by atoms with Gasteiger partial charge in [0, 0.05) is 65.4 Å². The van der Waals surface area contributed by atoms with Crippen LogP contribution in [0.25, 0.3) is 21.7 Å². The Morgan fingerprint density at radius 1 is 0.844 bits per heavy atom. The third-order valence-corrected chi connectivity index (χ3v) is 6.54. The van der Waals surface area contributed by atoms with Crippen LogP contribution in [0.15, 0.2) is 66.9 Å². The number of piperazine rings is 1. The quantitative estimate of drug-likeness (QED) is 0.313. The highest BCUT2D eigenvalue weighted by atomic mass is 35.5. The van der Waals surface area contributed by atoms with Crippen LogP contribution in [-0.2, 0) is 0 Å². The summed E-state index contributed by atoms with van der Waals surface area (Å²) in [6.07, 6.45) is 2.87. The van der Waals surface area contributed by atoms with Crippen molar-refractivity contribution in [2.45, 2.75) is 6.42 Å². The first-order valence-corrected chi connectivity index (χ1v) is 11.8. The van der Waals surface area contributed by atoms with E-state index in [2.05, 4.69) is 33.0 Å². The van der Waals surface area contributed by atoms with E-state index in [9.17, 15) is 0 Å². The summed E-state index contributed by atoms with van der Waals surface area (Å²) >= 11 is 12.2. The molecule has 0 aliphatic carbocycles. The number of nitrogens with zero attached hydrogens (tertiary/aromatic N) is 3. The van der Waals surface area contributed by atoms with Crippen molar-refractivity contribution in [3.63, 3.8) is 0 Å². The van der Waals surface area contributed by atoms with Crippen LogP contribution in [0.4, 0.5) is 5.69 Å². The zero-order valence-electron chi connectivity index (χ0n) is 17.8. The molecule has 0 spiro atoms. The Labute approximate surface area is 198 Å². The topological polar surface area (TPSA) is 28.6 Å². The number of fused-ring (bicyclic) bond motifs is 2. The van der Waals surface area contributed by atoms with E-state index >= 15 is 0 Å². The van der Waals surface area contributed by atoms with Gasteiger partial charge in [-0.15, -0.1) is 0 Å². The minimum absolute atomic E-state index is 0.706. The molecule has 1 aliphatic heterocycles. The van der Waals surface area contributed by atoms with Crippen LogP contribution < -0.4 is 9.64 Å². The van der Waals surface area contributed by atoms with E-state index in [0.717, 1.165) is 76.6 Å². The molecular weight excluding hydrogens is 441 g/mol. The summed E-state index contributed by atoms with van der Waals surface area (Å²) in [7, 11) is 0. The Morgan fingerprint density at radius 3 is 2.47 bits per heavy atom. The van der Waals surface area contributed by atoms with Crippen LogP contribution in [0.3, 0.4) is 0 Å². The first-order valence-electron chi connectivity index (χ1n) is 11.0. The Morgan fingerprint density at radius 2 is 1.62 bits per heavy atom. The van der Waals surface area contributed by atoms with E-state index in [-0.39, 0.29) is 0 Å². The van der Waals surface area contributed by atoms with Crippen molar-refractivity contribution < 1.29 is 4.74 Å². The molecule has 1 fully saturated rings. The van der Waals surface area contributed by atoms with Crippen molar-refractivity contribution in [3.05, 3.63) is 76.9 Å². The molecule has 0 atom stereocenters. The van der Waals surface area contributed by atoms with Gasteiger partial charge in [0.05, 0.1) is 12.1 Å². The number of aromatic nitrogens is 1. The molecule has 1 saturated heterocycles. The number of pyridine rings is 1. The third kappa shape index (κ3) is 4.63. The van der Waals surface area contributed by atoms with Gasteiger partial charge in [-0.3, -0.25) is 9.88 Å². The second-order valence-corrected chi connectivity index (χ2v) is 9.02. The zero-order chi connectivity index (χ0) is 21.9. The number of anilines is 1. The molecule has 1 aromatic heterocycles. The van der Waals surface area contributed by atoms with Gasteiger partial charge in [0.15, 0.2) is 0 Å². The van der Waals surface area contributed by atoms with Crippen molar-refractivity contribution in [2.75, 3.05) is 44.2 Å². The number of benzene rings is 3. The average molecular weight is 466 g/mol. The molecule has 1 aliphatic rings. The molecule has 0 N–H and O–H groups in total. The third-order valence-electron chi connectivity index (χ3n) is 6.07. The summed E-state index contributed by atoms with van der Waals surface area (Å²) in [6.45, 7) is 5.85. The van der Waals surface area contributed by atoms with Crippen LogP contribution in [-0.4, -0.2) is 49.2 Å². The molecule has 4 nitrogen and oxygen atoms in total. The van der Waals surface area contributed by atoms with Gasteiger partial charge < -0.3 is 9.64 Å². The van der Waals surface area contributed by atoms with Crippen molar-refractivity contribution in [1.82, 2.24) is 9.88 Å². The normalized spacial score (nSPS) is 14.9. The molecule has 5 rings (SSSR count). The lowest BCUT2D eigenvalue weighted by Crippen LogP contribution is -2.46. The molecule has 2 heterocycles. The SMILES string of the molecule is Clc1ccc2c(OCCCN3CCN(c4ccnc5cc(Cl)ccc45)CC3)cccc2c1. The molecule has 0 bridgehead atoms. The predicted octanol–water partition coefficient (Wildman–Crippen LogP) is 6.29. The largest absolute Gasteiger partial charge is 0.493 e. The second-order valence-electron chi connectivity index (χ2n) is 8.14. The summed E-state index contributed by atoms with van der Waals surface area (Å²) in [4.78, 5) is 9.44. The number of hydrogen-bond donors (Lipinski definition) is 0. The number of ether oxygens (including phenoxy) is 1. The summed E-state index contributed by atoms with van der Waals surface area (Å²) in [5, 5.41) is 4.85. The minimum atomic E-state index is 0.706. The summed E-state index contributed by atoms with van der Waals surface area (Å²) in [5.41, 5.74) is 2.19. The van der Waals surface area contributed by atoms with Crippen LogP contribution >= 0.6 is 23.2 Å². The lowest BCUT2D eigenvalue weighted by molar-refractivity contribution is 0.225. The van der Waals surface area contributed by atoms with E-state index in [1.165, 1.54) is 5.69 Å². The predicted molar refractivity (Wildman–Crippen MR) is 134 cm³/mol. The van der Waals surface area contributed by atoms with Gasteiger partial charge in [-0.1, -0.05) is 35.3 Å². The van der Waals surface area contributed by atoms with Gasteiger partial charge in [0.1, 0.15) is 5.75 Å². The first kappa shape index (κ1) is 21.3. The fourth-order valence-corrected chi connectivity index (χ4v) is 4.76. The zero-order valence-corrected chi connectivity index (χ0v) is 19.3. The van der Waals surface area contributed by atoms with Crippen LogP contribution in [0.1, 0.15) is 6.42 Å². The van der Waals surface area contributed by atoms with Crippen molar-refractivity contribution >= 4 is 50.6 Å². The van der Waals surface area contributed by atoms with Gasteiger partial charge in [-0.05, 0) is 60.3 Å². The standard InChI is InChI=1S/C26H25Cl2N3O/c27-20-5-7-22-19(17-20)3-1-4-26(22)32-16-2-11-30-12-14-31(15-13-30)25-9-10-29-24-18-21(28)6-8-23(24)25/h1,3-10,17-18H,2,11-16H2. The summed E-state index contributed by atoms with van der Waals surface area (Å²) in [6, 6.07) is 20.1. The molecule has 6 heteroatoms. The smallest absolute Gasteiger partial charge is 0.127 e. The lowest BCUT2D eigenvalue weighted by atomic mass is 10.1. The highest BCUT2D eigenvalue weighted by Gasteiger charge is 2.18. The van der Waals surface area contributed by atoms with Gasteiger partial charge in [-0.2, -0.15) is 0 Å².